The van der Waals surface area contributed by atoms with E-state index >= 15 is 0 Å². The van der Waals surface area contributed by atoms with E-state index in [2.05, 4.69) is 10.6 Å². The fraction of sp³-hybridized carbons (Fsp3) is 0.429. The molecule has 0 aliphatic carbocycles. The number of carboxylic acids is 1. The molecule has 0 saturated heterocycles. The largest absolute Gasteiger partial charge is 0.480 e. The summed E-state index contributed by atoms with van der Waals surface area (Å²) in [4.78, 5) is 22.9. The Kier molecular flexibility index (Phi) is 6.87. The summed E-state index contributed by atoms with van der Waals surface area (Å²) in [5.74, 6) is -1.10. The number of aliphatic carboxylic acids is 1. The van der Waals surface area contributed by atoms with Gasteiger partial charge in [-0.05, 0) is 12.5 Å². The number of carbonyl (C=O) groups excluding carboxylic acids is 1. The molecule has 3 atom stereocenters. The van der Waals surface area contributed by atoms with Crippen molar-refractivity contribution in [3.05, 3.63) is 35.9 Å². The molecule has 0 heterocycles. The molecule has 2 unspecified atom stereocenters. The Morgan fingerprint density at radius 1 is 1.29 bits per heavy atom. The second-order valence-corrected chi connectivity index (χ2v) is 6.55. The van der Waals surface area contributed by atoms with E-state index in [1.807, 2.05) is 18.2 Å². The standard InChI is InChI=1S/C14H20N2O4S/c1-10(21(2)20)9-15-14(19)16-12(13(17)18)8-11-6-4-3-5-7-11/h3-7,10,12H,8-9H2,1-2H3,(H,17,18)(H2,15,16,19)/t10?,12-,21?/m1/s1. The van der Waals surface area contributed by atoms with Gasteiger partial charge in [0.2, 0.25) is 0 Å². The average Bonchev–Trinajstić information content (AvgIpc) is 2.44. The molecule has 0 aliphatic rings. The maximum atomic E-state index is 11.7. The van der Waals surface area contributed by atoms with Crippen molar-refractivity contribution in [3.8, 4) is 0 Å². The van der Waals surface area contributed by atoms with Crippen molar-refractivity contribution >= 4 is 22.8 Å². The van der Waals surface area contributed by atoms with Gasteiger partial charge >= 0.3 is 12.0 Å². The maximum absolute atomic E-state index is 11.7. The van der Waals surface area contributed by atoms with Crippen LogP contribution in [0.2, 0.25) is 0 Å². The zero-order chi connectivity index (χ0) is 15.8. The second kappa shape index (κ2) is 8.41. The second-order valence-electron chi connectivity index (χ2n) is 4.74. The number of carbonyl (C=O) groups is 2. The van der Waals surface area contributed by atoms with E-state index in [4.69, 9.17) is 5.11 Å². The third kappa shape index (κ3) is 6.40. The van der Waals surface area contributed by atoms with Gasteiger partial charge in [0.15, 0.2) is 0 Å². The molecular weight excluding hydrogens is 292 g/mol. The van der Waals surface area contributed by atoms with Crippen LogP contribution in [-0.4, -0.2) is 45.4 Å². The lowest BCUT2D eigenvalue weighted by Crippen LogP contribution is -2.48. The van der Waals surface area contributed by atoms with Gasteiger partial charge in [-0.3, -0.25) is 4.21 Å². The van der Waals surface area contributed by atoms with E-state index in [1.54, 1.807) is 25.3 Å². The molecule has 1 aromatic carbocycles. The molecule has 0 bridgehead atoms. The summed E-state index contributed by atoms with van der Waals surface area (Å²) in [5, 5.41) is 13.9. The molecule has 1 aromatic rings. The topological polar surface area (TPSA) is 95.5 Å². The lowest BCUT2D eigenvalue weighted by molar-refractivity contribution is -0.139. The van der Waals surface area contributed by atoms with Gasteiger partial charge in [-0.15, -0.1) is 0 Å². The molecule has 0 fully saturated rings. The van der Waals surface area contributed by atoms with Crippen LogP contribution in [0, 0.1) is 0 Å². The number of nitrogens with one attached hydrogen (secondary N) is 2. The van der Waals surface area contributed by atoms with Crippen molar-refractivity contribution in [3.63, 3.8) is 0 Å². The summed E-state index contributed by atoms with van der Waals surface area (Å²) in [7, 11) is -1.04. The minimum Gasteiger partial charge on any atom is -0.480 e. The lowest BCUT2D eigenvalue weighted by atomic mass is 10.1. The third-order valence-corrected chi connectivity index (χ3v) is 4.30. The van der Waals surface area contributed by atoms with Crippen LogP contribution in [0.15, 0.2) is 30.3 Å². The Morgan fingerprint density at radius 3 is 2.43 bits per heavy atom. The summed E-state index contributed by atoms with van der Waals surface area (Å²) >= 11 is 0. The Labute approximate surface area is 126 Å². The first-order valence-electron chi connectivity index (χ1n) is 6.53. The van der Waals surface area contributed by atoms with Crippen molar-refractivity contribution in [2.24, 2.45) is 0 Å². The first kappa shape index (κ1) is 17.2. The predicted molar refractivity (Wildman–Crippen MR) is 81.6 cm³/mol. The van der Waals surface area contributed by atoms with Gasteiger partial charge in [-0.25, -0.2) is 9.59 Å². The van der Waals surface area contributed by atoms with E-state index in [1.165, 1.54) is 0 Å². The first-order valence-corrected chi connectivity index (χ1v) is 8.15. The zero-order valence-corrected chi connectivity index (χ0v) is 12.9. The van der Waals surface area contributed by atoms with Gasteiger partial charge in [0.05, 0.1) is 0 Å². The van der Waals surface area contributed by atoms with E-state index < -0.39 is 28.8 Å². The molecule has 116 valence electrons. The van der Waals surface area contributed by atoms with Crippen molar-refractivity contribution in [2.75, 3.05) is 12.8 Å². The minimum atomic E-state index is -1.10. The molecule has 2 amide bonds. The van der Waals surface area contributed by atoms with E-state index in [9.17, 15) is 13.8 Å². The van der Waals surface area contributed by atoms with E-state index in [0.29, 0.717) is 0 Å². The number of carboxylic acid groups (broad SMARTS) is 1. The SMILES string of the molecule is CC(CNC(=O)N[C@H](Cc1ccccc1)C(=O)O)S(C)=O. The van der Waals surface area contributed by atoms with Crippen LogP contribution >= 0.6 is 0 Å². The van der Waals surface area contributed by atoms with Gasteiger partial charge in [-0.2, -0.15) is 0 Å². The molecule has 21 heavy (non-hydrogen) atoms. The lowest BCUT2D eigenvalue weighted by Gasteiger charge is -2.16. The van der Waals surface area contributed by atoms with Gasteiger partial charge in [0.1, 0.15) is 6.04 Å². The van der Waals surface area contributed by atoms with Crippen LogP contribution in [0.5, 0.6) is 0 Å². The highest BCUT2D eigenvalue weighted by molar-refractivity contribution is 7.84. The average molecular weight is 312 g/mol. The van der Waals surface area contributed by atoms with Crippen LogP contribution in [0.4, 0.5) is 4.79 Å². The zero-order valence-electron chi connectivity index (χ0n) is 12.0. The van der Waals surface area contributed by atoms with E-state index in [-0.39, 0.29) is 18.2 Å². The Hall–Kier alpha value is -1.89. The molecule has 0 aromatic heterocycles. The van der Waals surface area contributed by atoms with Crippen LogP contribution in [0.3, 0.4) is 0 Å². The highest BCUT2D eigenvalue weighted by Crippen LogP contribution is 2.03. The Balaban J connectivity index is 2.53. The monoisotopic (exact) mass is 312 g/mol. The minimum absolute atomic E-state index is 0.187. The third-order valence-electron chi connectivity index (χ3n) is 3.00. The highest BCUT2D eigenvalue weighted by atomic mass is 32.2. The normalized spacial score (nSPS) is 14.8. The van der Waals surface area contributed by atoms with E-state index in [0.717, 1.165) is 5.56 Å². The maximum Gasteiger partial charge on any atom is 0.326 e. The molecule has 6 nitrogen and oxygen atoms in total. The molecule has 0 saturated carbocycles. The molecule has 0 aliphatic heterocycles. The van der Waals surface area contributed by atoms with Crippen molar-refractivity contribution < 1.29 is 18.9 Å². The number of hydrogen-bond donors (Lipinski definition) is 3. The van der Waals surface area contributed by atoms with Crippen LogP contribution in [0.25, 0.3) is 0 Å². The summed E-state index contributed by atoms with van der Waals surface area (Å²) in [6.45, 7) is 1.97. The number of hydrogen-bond acceptors (Lipinski definition) is 3. The quantitative estimate of drug-likeness (QED) is 0.692. The van der Waals surface area contributed by atoms with Gasteiger partial charge < -0.3 is 15.7 Å². The summed E-state index contributed by atoms with van der Waals surface area (Å²) in [6, 6.07) is 7.49. The number of rotatable bonds is 7. The van der Waals surface area contributed by atoms with Crippen LogP contribution in [0.1, 0.15) is 12.5 Å². The summed E-state index contributed by atoms with van der Waals surface area (Å²) in [5.41, 5.74) is 0.827. The van der Waals surface area contributed by atoms with Crippen molar-refractivity contribution in [2.45, 2.75) is 24.6 Å². The fourth-order valence-electron chi connectivity index (χ4n) is 1.61. The summed E-state index contributed by atoms with van der Waals surface area (Å²) in [6.07, 6.45) is 1.76. The smallest absolute Gasteiger partial charge is 0.326 e. The molecule has 7 heteroatoms. The number of amides is 2. The summed E-state index contributed by atoms with van der Waals surface area (Å²) < 4.78 is 11.2. The Morgan fingerprint density at radius 2 is 1.90 bits per heavy atom. The van der Waals surface area contributed by atoms with Gasteiger partial charge in [-0.1, -0.05) is 30.3 Å². The Bertz CT molecular complexity index is 507. The molecule has 3 N–H and O–H groups in total. The first-order chi connectivity index (χ1) is 9.90. The molecule has 0 spiro atoms. The molecule has 0 radical (unpaired) electrons. The highest BCUT2D eigenvalue weighted by Gasteiger charge is 2.20. The van der Waals surface area contributed by atoms with Gasteiger partial charge in [0.25, 0.3) is 0 Å². The van der Waals surface area contributed by atoms with Crippen molar-refractivity contribution in [1.29, 1.82) is 0 Å². The number of benzene rings is 1. The molecule has 1 rings (SSSR count). The number of urea groups is 1. The van der Waals surface area contributed by atoms with Crippen LogP contribution in [-0.2, 0) is 22.0 Å². The van der Waals surface area contributed by atoms with Crippen molar-refractivity contribution in [1.82, 2.24) is 10.6 Å². The molecular formula is C14H20N2O4S. The van der Waals surface area contributed by atoms with Gasteiger partial charge in [0, 0.05) is 35.3 Å². The predicted octanol–water partition coefficient (Wildman–Crippen LogP) is 0.748. The fourth-order valence-corrected chi connectivity index (χ4v) is 1.93. The van der Waals surface area contributed by atoms with Crippen LogP contribution < -0.4 is 10.6 Å².